The van der Waals surface area contributed by atoms with Gasteiger partial charge in [0.05, 0.1) is 0 Å². The van der Waals surface area contributed by atoms with Gasteiger partial charge in [0.25, 0.3) is 0 Å². The molecule has 2 aromatic rings. The van der Waals surface area contributed by atoms with Gasteiger partial charge in [-0.05, 0) is 23.8 Å². The summed E-state index contributed by atoms with van der Waals surface area (Å²) in [5, 5.41) is 9.41. The van der Waals surface area contributed by atoms with Gasteiger partial charge in [0.1, 0.15) is 5.75 Å². The molecule has 1 aliphatic rings. The molecule has 0 unspecified atom stereocenters. The Morgan fingerprint density at radius 3 is 2.76 bits per heavy atom. The van der Waals surface area contributed by atoms with Crippen LogP contribution >= 0.6 is 11.6 Å². The van der Waals surface area contributed by atoms with Crippen LogP contribution in [0.2, 0.25) is 5.02 Å². The maximum absolute atomic E-state index is 10.7. The number of rotatable bonds is 3. The minimum atomic E-state index is -0.875. The summed E-state index contributed by atoms with van der Waals surface area (Å²) in [5.41, 5.74) is 1.02. The van der Waals surface area contributed by atoms with Crippen molar-refractivity contribution in [3.05, 3.63) is 53.2 Å². The smallest absolute Gasteiger partial charge is 0.407 e. The first-order chi connectivity index (χ1) is 10.1. The number of aromatic nitrogens is 1. The Bertz CT molecular complexity index is 654. The van der Waals surface area contributed by atoms with E-state index in [0.717, 1.165) is 5.56 Å². The maximum Gasteiger partial charge on any atom is 0.407 e. The predicted molar refractivity (Wildman–Crippen MR) is 78.1 cm³/mol. The Morgan fingerprint density at radius 1 is 1.33 bits per heavy atom. The Labute approximate surface area is 126 Å². The number of carboxylic acid groups (broad SMARTS) is 1. The van der Waals surface area contributed by atoms with Gasteiger partial charge < -0.3 is 14.7 Å². The summed E-state index contributed by atoms with van der Waals surface area (Å²) < 4.78 is 5.60. The molecule has 0 aliphatic carbocycles. The number of ether oxygens (including phenoxy) is 1. The first-order valence-corrected chi connectivity index (χ1v) is 6.87. The van der Waals surface area contributed by atoms with Crippen molar-refractivity contribution in [1.82, 2.24) is 9.88 Å². The average Bonchev–Trinajstić information content (AvgIpc) is 2.38. The minimum absolute atomic E-state index is 0.216. The van der Waals surface area contributed by atoms with Crippen LogP contribution < -0.4 is 4.74 Å². The minimum Gasteiger partial charge on any atom is -0.465 e. The number of pyridine rings is 1. The second-order valence-electron chi connectivity index (χ2n) is 4.87. The van der Waals surface area contributed by atoms with Gasteiger partial charge in [-0.3, -0.25) is 0 Å². The monoisotopic (exact) mass is 304 g/mol. The first kappa shape index (κ1) is 13.7. The van der Waals surface area contributed by atoms with Gasteiger partial charge >= 0.3 is 6.09 Å². The zero-order chi connectivity index (χ0) is 14.8. The molecule has 0 spiro atoms. The van der Waals surface area contributed by atoms with Gasteiger partial charge in [0.2, 0.25) is 5.88 Å². The highest BCUT2D eigenvalue weighted by Gasteiger charge is 2.31. The van der Waals surface area contributed by atoms with Crippen molar-refractivity contribution in [2.45, 2.75) is 5.92 Å². The van der Waals surface area contributed by atoms with E-state index >= 15 is 0 Å². The molecule has 3 rings (SSSR count). The Morgan fingerprint density at radius 2 is 2.14 bits per heavy atom. The van der Waals surface area contributed by atoms with Crippen molar-refractivity contribution in [3.63, 3.8) is 0 Å². The predicted octanol–water partition coefficient (Wildman–Crippen LogP) is 3.60. The van der Waals surface area contributed by atoms with Crippen LogP contribution in [-0.4, -0.2) is 34.2 Å². The van der Waals surface area contributed by atoms with E-state index in [2.05, 4.69) is 4.98 Å². The van der Waals surface area contributed by atoms with Crippen molar-refractivity contribution < 1.29 is 14.6 Å². The van der Waals surface area contributed by atoms with E-state index in [1.165, 1.54) is 4.90 Å². The molecule has 1 amide bonds. The molecule has 1 aromatic heterocycles. The highest BCUT2D eigenvalue weighted by Crippen LogP contribution is 2.28. The quantitative estimate of drug-likeness (QED) is 0.941. The Hall–Kier alpha value is -2.27. The van der Waals surface area contributed by atoms with Crippen LogP contribution in [0.3, 0.4) is 0 Å². The number of halogens is 1. The SMILES string of the molecule is O=C(O)N1CC(c2ccc(Oc3cccc(Cl)c3)nc2)C1. The first-order valence-electron chi connectivity index (χ1n) is 6.49. The standard InChI is InChI=1S/C15H13ClN2O3/c16-12-2-1-3-13(6-12)21-14-5-4-10(7-17-14)11-8-18(9-11)15(19)20/h1-7,11H,8-9H2,(H,19,20). The molecule has 1 N–H and O–H groups in total. The fraction of sp³-hybridized carbons (Fsp3) is 0.200. The lowest BCUT2D eigenvalue weighted by Gasteiger charge is -2.37. The molecule has 1 fully saturated rings. The lowest BCUT2D eigenvalue weighted by molar-refractivity contribution is 0.105. The third-order valence-electron chi connectivity index (χ3n) is 3.40. The number of amides is 1. The number of carbonyl (C=O) groups is 1. The van der Waals surface area contributed by atoms with Crippen LogP contribution in [0.25, 0.3) is 0 Å². The van der Waals surface area contributed by atoms with E-state index in [4.69, 9.17) is 21.4 Å². The summed E-state index contributed by atoms with van der Waals surface area (Å²) in [6.45, 7) is 1.04. The van der Waals surface area contributed by atoms with Crippen LogP contribution in [0.4, 0.5) is 4.79 Å². The molecule has 5 nitrogen and oxygen atoms in total. The van der Waals surface area contributed by atoms with Gasteiger partial charge in [0.15, 0.2) is 0 Å². The molecule has 6 heteroatoms. The van der Waals surface area contributed by atoms with Crippen LogP contribution in [0, 0.1) is 0 Å². The van der Waals surface area contributed by atoms with E-state index in [1.807, 2.05) is 6.07 Å². The summed E-state index contributed by atoms with van der Waals surface area (Å²) in [6, 6.07) is 10.8. The largest absolute Gasteiger partial charge is 0.465 e. The zero-order valence-electron chi connectivity index (χ0n) is 11.1. The number of nitrogens with zero attached hydrogens (tertiary/aromatic N) is 2. The third-order valence-corrected chi connectivity index (χ3v) is 3.64. The topological polar surface area (TPSA) is 62.7 Å². The second-order valence-corrected chi connectivity index (χ2v) is 5.31. The lowest BCUT2D eigenvalue weighted by atomic mass is 9.93. The van der Waals surface area contributed by atoms with E-state index in [1.54, 1.807) is 36.5 Å². The van der Waals surface area contributed by atoms with Gasteiger partial charge in [-0.2, -0.15) is 0 Å². The molecule has 1 aliphatic heterocycles. The second kappa shape index (κ2) is 5.61. The molecule has 0 radical (unpaired) electrons. The van der Waals surface area contributed by atoms with Gasteiger partial charge in [-0.15, -0.1) is 0 Å². The van der Waals surface area contributed by atoms with Crippen LogP contribution in [0.5, 0.6) is 11.6 Å². The fourth-order valence-electron chi connectivity index (χ4n) is 2.19. The summed E-state index contributed by atoms with van der Waals surface area (Å²) in [7, 11) is 0. The summed E-state index contributed by atoms with van der Waals surface area (Å²) in [4.78, 5) is 16.3. The highest BCUT2D eigenvalue weighted by atomic mass is 35.5. The Balaban J connectivity index is 1.64. The van der Waals surface area contributed by atoms with Crippen molar-refractivity contribution in [3.8, 4) is 11.6 Å². The van der Waals surface area contributed by atoms with Gasteiger partial charge in [-0.25, -0.2) is 9.78 Å². The maximum atomic E-state index is 10.7. The van der Waals surface area contributed by atoms with Crippen LogP contribution in [0.1, 0.15) is 11.5 Å². The third kappa shape index (κ3) is 3.08. The Kier molecular flexibility index (Phi) is 3.66. The van der Waals surface area contributed by atoms with Crippen molar-refractivity contribution in [1.29, 1.82) is 0 Å². The van der Waals surface area contributed by atoms with Gasteiger partial charge in [-0.1, -0.05) is 23.7 Å². The highest BCUT2D eigenvalue weighted by molar-refractivity contribution is 6.30. The molecule has 2 heterocycles. The molecule has 0 saturated carbocycles. The van der Waals surface area contributed by atoms with E-state index < -0.39 is 6.09 Å². The number of hydrogen-bond donors (Lipinski definition) is 1. The summed E-state index contributed by atoms with van der Waals surface area (Å²) in [5.74, 6) is 1.33. The van der Waals surface area contributed by atoms with Crippen LogP contribution in [0.15, 0.2) is 42.6 Å². The van der Waals surface area contributed by atoms with E-state index in [9.17, 15) is 4.79 Å². The molecular weight excluding hydrogens is 292 g/mol. The average molecular weight is 305 g/mol. The zero-order valence-corrected chi connectivity index (χ0v) is 11.8. The van der Waals surface area contributed by atoms with Gasteiger partial charge in [0, 0.05) is 36.3 Å². The molecule has 21 heavy (non-hydrogen) atoms. The number of benzene rings is 1. The molecule has 1 saturated heterocycles. The molecule has 0 atom stereocenters. The van der Waals surface area contributed by atoms with Crippen molar-refractivity contribution in [2.24, 2.45) is 0 Å². The molecule has 0 bridgehead atoms. The van der Waals surface area contributed by atoms with E-state index in [-0.39, 0.29) is 5.92 Å². The van der Waals surface area contributed by atoms with Crippen LogP contribution in [-0.2, 0) is 0 Å². The summed E-state index contributed by atoms with van der Waals surface area (Å²) in [6.07, 6.45) is 0.851. The molecule has 108 valence electrons. The van der Waals surface area contributed by atoms with Crippen molar-refractivity contribution >= 4 is 17.7 Å². The van der Waals surface area contributed by atoms with E-state index in [0.29, 0.717) is 29.7 Å². The van der Waals surface area contributed by atoms with Crippen molar-refractivity contribution in [2.75, 3.05) is 13.1 Å². The molecule has 1 aromatic carbocycles. The fourth-order valence-corrected chi connectivity index (χ4v) is 2.37. The lowest BCUT2D eigenvalue weighted by Crippen LogP contribution is -2.47. The normalized spacial score (nSPS) is 14.6. The summed E-state index contributed by atoms with van der Waals surface area (Å²) >= 11 is 5.89. The number of likely N-dealkylation sites (tertiary alicyclic amines) is 1. The molecular formula is C15H13ClN2O3. The number of hydrogen-bond acceptors (Lipinski definition) is 3.